The van der Waals surface area contributed by atoms with Crippen LogP contribution in [0.2, 0.25) is 0 Å². The number of aromatic nitrogens is 1. The first-order valence-corrected chi connectivity index (χ1v) is 10.2. The van der Waals surface area contributed by atoms with Crippen molar-refractivity contribution in [2.75, 3.05) is 16.3 Å². The average Bonchev–Trinajstić information content (AvgIpc) is 3.32. The summed E-state index contributed by atoms with van der Waals surface area (Å²) in [5, 5.41) is 2.16. The maximum atomic E-state index is 13.2. The largest absolute Gasteiger partial charge is 0.459 e. The predicted octanol–water partition coefficient (Wildman–Crippen LogP) is 4.90. The quantitative estimate of drug-likeness (QED) is 0.471. The number of fused-ring (bicyclic) bond motifs is 2. The normalized spacial score (nSPS) is 15.7. The summed E-state index contributed by atoms with van der Waals surface area (Å²) in [6.07, 6.45) is 5.10. The third kappa shape index (κ3) is 3.26. The molecule has 0 radical (unpaired) electrons. The Morgan fingerprint density at radius 1 is 1.00 bits per heavy atom. The molecule has 3 heterocycles. The lowest BCUT2D eigenvalue weighted by molar-refractivity contribution is -0.117. The minimum Gasteiger partial charge on any atom is -0.459 e. The van der Waals surface area contributed by atoms with E-state index in [2.05, 4.69) is 11.1 Å². The summed E-state index contributed by atoms with van der Waals surface area (Å²) >= 11 is 0. The molecule has 0 N–H and O–H groups in total. The molecule has 6 heteroatoms. The molecule has 4 aromatic rings. The van der Waals surface area contributed by atoms with Crippen molar-refractivity contribution in [3.05, 3.63) is 79.0 Å². The van der Waals surface area contributed by atoms with E-state index in [4.69, 9.17) is 4.42 Å². The zero-order valence-corrected chi connectivity index (χ0v) is 17.3. The van der Waals surface area contributed by atoms with Gasteiger partial charge in [-0.15, -0.1) is 0 Å². The van der Waals surface area contributed by atoms with Gasteiger partial charge in [-0.2, -0.15) is 0 Å². The number of anilines is 2. The number of nitrogens with zero attached hydrogens (tertiary/aromatic N) is 3. The van der Waals surface area contributed by atoms with E-state index in [0.29, 0.717) is 12.2 Å². The van der Waals surface area contributed by atoms with Crippen LogP contribution in [0.25, 0.3) is 21.9 Å². The maximum Gasteiger partial charge on any atom is 0.294 e. The van der Waals surface area contributed by atoms with E-state index in [9.17, 15) is 9.59 Å². The molecule has 0 saturated heterocycles. The lowest BCUT2D eigenvalue weighted by Crippen LogP contribution is -2.51. The van der Waals surface area contributed by atoms with Crippen LogP contribution in [0.4, 0.5) is 11.4 Å². The zero-order chi connectivity index (χ0) is 21.5. The van der Waals surface area contributed by atoms with Gasteiger partial charge in [0.15, 0.2) is 5.76 Å². The lowest BCUT2D eigenvalue weighted by Gasteiger charge is -2.40. The maximum absolute atomic E-state index is 13.2. The Kier molecular flexibility index (Phi) is 4.55. The first-order valence-electron chi connectivity index (χ1n) is 10.2. The molecule has 0 fully saturated rings. The SMILES string of the molecule is CC(=O)N1c2ccc(-c3ccc4cnccc4c3)cc2N(C(=O)c2ccco2)C[C@@H]1C. The molecule has 1 aliphatic heterocycles. The average molecular weight is 411 g/mol. The molecule has 2 amide bonds. The smallest absolute Gasteiger partial charge is 0.294 e. The van der Waals surface area contributed by atoms with Crippen LogP contribution >= 0.6 is 0 Å². The summed E-state index contributed by atoms with van der Waals surface area (Å²) in [4.78, 5) is 33.2. The Hall–Kier alpha value is -3.93. The number of benzene rings is 2. The highest BCUT2D eigenvalue weighted by Crippen LogP contribution is 2.40. The number of furan rings is 1. The summed E-state index contributed by atoms with van der Waals surface area (Å²) in [6, 6.07) is 17.2. The van der Waals surface area contributed by atoms with E-state index >= 15 is 0 Å². The van der Waals surface area contributed by atoms with Crippen molar-refractivity contribution >= 4 is 34.0 Å². The molecule has 1 atom stereocenters. The Morgan fingerprint density at radius 2 is 1.81 bits per heavy atom. The monoisotopic (exact) mass is 411 g/mol. The molecule has 2 aromatic heterocycles. The molecular weight excluding hydrogens is 390 g/mol. The Balaban J connectivity index is 1.64. The number of rotatable bonds is 2. The van der Waals surface area contributed by atoms with Crippen LogP contribution in [-0.2, 0) is 4.79 Å². The Morgan fingerprint density at radius 3 is 2.58 bits per heavy atom. The Labute approximate surface area is 179 Å². The number of carbonyl (C=O) groups is 2. The molecule has 2 aromatic carbocycles. The molecule has 154 valence electrons. The van der Waals surface area contributed by atoms with Crippen LogP contribution in [-0.4, -0.2) is 29.4 Å². The van der Waals surface area contributed by atoms with Crippen LogP contribution in [0, 0.1) is 0 Å². The zero-order valence-electron chi connectivity index (χ0n) is 17.3. The molecule has 5 rings (SSSR count). The standard InChI is InChI=1S/C25H21N3O3/c1-16-15-27(25(30)24-4-3-11-31-24)23-13-19(7-8-22(23)28(16)17(2)29)18-5-6-21-14-26-10-9-20(21)12-18/h3-14,16H,15H2,1-2H3/t16-/m0/s1. The van der Waals surface area contributed by atoms with Crippen LogP contribution in [0.5, 0.6) is 0 Å². The number of amides is 2. The molecule has 0 saturated carbocycles. The van der Waals surface area contributed by atoms with Gasteiger partial charge in [0.05, 0.1) is 23.7 Å². The second-order valence-corrected chi connectivity index (χ2v) is 7.77. The molecule has 0 aliphatic carbocycles. The van der Waals surface area contributed by atoms with Crippen LogP contribution in [0.1, 0.15) is 24.4 Å². The van der Waals surface area contributed by atoms with E-state index in [-0.39, 0.29) is 23.6 Å². The van der Waals surface area contributed by atoms with Gasteiger partial charge in [-0.1, -0.05) is 18.2 Å². The topological polar surface area (TPSA) is 66.7 Å². The van der Waals surface area contributed by atoms with E-state index in [0.717, 1.165) is 27.6 Å². The van der Waals surface area contributed by atoms with Gasteiger partial charge < -0.3 is 14.2 Å². The first kappa shape index (κ1) is 19.1. The summed E-state index contributed by atoms with van der Waals surface area (Å²) in [5.74, 6) is 0.00544. The second kappa shape index (κ2) is 7.40. The third-order valence-electron chi connectivity index (χ3n) is 5.70. The fourth-order valence-electron chi connectivity index (χ4n) is 4.27. The molecule has 31 heavy (non-hydrogen) atoms. The minimum absolute atomic E-state index is 0.0511. The van der Waals surface area contributed by atoms with Gasteiger partial charge in [0.2, 0.25) is 5.91 Å². The van der Waals surface area contributed by atoms with Gasteiger partial charge in [0.25, 0.3) is 5.91 Å². The number of pyridine rings is 1. The lowest BCUT2D eigenvalue weighted by atomic mass is 9.98. The van der Waals surface area contributed by atoms with Gasteiger partial charge >= 0.3 is 0 Å². The number of hydrogen-bond donors (Lipinski definition) is 0. The fraction of sp³-hybridized carbons (Fsp3) is 0.160. The van der Waals surface area contributed by atoms with Crippen molar-refractivity contribution in [3.8, 4) is 11.1 Å². The van der Waals surface area contributed by atoms with Crippen molar-refractivity contribution in [1.82, 2.24) is 4.98 Å². The van der Waals surface area contributed by atoms with E-state index in [1.54, 1.807) is 35.1 Å². The molecular formula is C25H21N3O3. The van der Waals surface area contributed by atoms with Gasteiger partial charge in [-0.05, 0) is 59.8 Å². The van der Waals surface area contributed by atoms with Crippen LogP contribution in [0.15, 0.2) is 77.7 Å². The number of carbonyl (C=O) groups excluding carboxylic acids is 2. The molecule has 0 spiro atoms. The molecule has 0 bridgehead atoms. The Bertz CT molecular complexity index is 1300. The van der Waals surface area contributed by atoms with E-state index < -0.39 is 0 Å². The van der Waals surface area contributed by atoms with Crippen molar-refractivity contribution < 1.29 is 14.0 Å². The van der Waals surface area contributed by atoms with E-state index in [1.165, 1.54) is 6.26 Å². The predicted molar refractivity (Wildman–Crippen MR) is 120 cm³/mol. The highest BCUT2D eigenvalue weighted by molar-refractivity contribution is 6.10. The van der Waals surface area contributed by atoms with Crippen molar-refractivity contribution in [3.63, 3.8) is 0 Å². The molecule has 1 aliphatic rings. The molecule has 6 nitrogen and oxygen atoms in total. The fourth-order valence-corrected chi connectivity index (χ4v) is 4.27. The first-order chi connectivity index (χ1) is 15.0. The summed E-state index contributed by atoms with van der Waals surface area (Å²) in [6.45, 7) is 3.88. The van der Waals surface area contributed by atoms with Crippen molar-refractivity contribution in [1.29, 1.82) is 0 Å². The highest BCUT2D eigenvalue weighted by atomic mass is 16.3. The van der Waals surface area contributed by atoms with Crippen molar-refractivity contribution in [2.45, 2.75) is 19.9 Å². The van der Waals surface area contributed by atoms with Crippen LogP contribution in [0.3, 0.4) is 0 Å². The van der Waals surface area contributed by atoms with Gasteiger partial charge in [-0.25, -0.2) is 0 Å². The highest BCUT2D eigenvalue weighted by Gasteiger charge is 2.34. The molecule has 0 unspecified atom stereocenters. The third-order valence-corrected chi connectivity index (χ3v) is 5.70. The summed E-state index contributed by atoms with van der Waals surface area (Å²) in [5.41, 5.74) is 3.41. The van der Waals surface area contributed by atoms with Gasteiger partial charge in [0.1, 0.15) is 0 Å². The van der Waals surface area contributed by atoms with E-state index in [1.807, 2.05) is 49.5 Å². The van der Waals surface area contributed by atoms with Gasteiger partial charge in [0, 0.05) is 31.2 Å². The second-order valence-electron chi connectivity index (χ2n) is 7.77. The number of hydrogen-bond acceptors (Lipinski definition) is 4. The van der Waals surface area contributed by atoms with Crippen LogP contribution < -0.4 is 9.80 Å². The summed E-state index contributed by atoms with van der Waals surface area (Å²) < 4.78 is 5.36. The van der Waals surface area contributed by atoms with Gasteiger partial charge in [-0.3, -0.25) is 14.6 Å². The summed E-state index contributed by atoms with van der Waals surface area (Å²) in [7, 11) is 0. The minimum atomic E-state index is -0.219. The van der Waals surface area contributed by atoms with Crippen molar-refractivity contribution in [2.24, 2.45) is 0 Å².